The number of hydrogen-bond donors (Lipinski definition) is 1. The van der Waals surface area contributed by atoms with Gasteiger partial charge in [0.2, 0.25) is 0 Å². The van der Waals surface area contributed by atoms with E-state index in [4.69, 9.17) is 0 Å². The molecule has 0 bridgehead atoms. The lowest BCUT2D eigenvalue weighted by molar-refractivity contribution is -0.127. The summed E-state index contributed by atoms with van der Waals surface area (Å²) in [6.45, 7) is 0. The number of hydrogen-bond acceptors (Lipinski definition) is 4. The topological polar surface area (TPSA) is 47.0 Å². The summed E-state index contributed by atoms with van der Waals surface area (Å²) in [4.78, 5) is 12.6. The fourth-order valence-corrected chi connectivity index (χ4v) is 3.10. The third-order valence-electron chi connectivity index (χ3n) is 4.09. The molecule has 2 aromatic rings. The van der Waals surface area contributed by atoms with Gasteiger partial charge in [-0.15, -0.1) is 0 Å². The predicted molar refractivity (Wildman–Crippen MR) is 78.6 cm³/mol. The number of para-hydroxylation sites is 2. The molecule has 5 heteroatoms. The molecule has 1 amide bonds. The molecule has 5 nitrogen and oxygen atoms in total. The van der Waals surface area contributed by atoms with Crippen molar-refractivity contribution in [3.05, 3.63) is 60.2 Å². The van der Waals surface area contributed by atoms with Crippen molar-refractivity contribution in [1.29, 1.82) is 0 Å². The zero-order valence-corrected chi connectivity index (χ0v) is 11.4. The third-order valence-corrected chi connectivity index (χ3v) is 4.09. The highest BCUT2D eigenvalue weighted by Gasteiger charge is 2.47. The fourth-order valence-electron chi connectivity index (χ4n) is 3.10. The molecule has 21 heavy (non-hydrogen) atoms. The van der Waals surface area contributed by atoms with Gasteiger partial charge in [0.1, 0.15) is 6.04 Å². The number of fused-ring (bicyclic) bond motifs is 3. The molecule has 4 rings (SSSR count). The minimum absolute atomic E-state index is 0.0989. The number of anilines is 2. The highest BCUT2D eigenvalue weighted by molar-refractivity contribution is 6.01. The molecule has 2 aliphatic rings. The van der Waals surface area contributed by atoms with E-state index in [0.29, 0.717) is 12.1 Å². The Morgan fingerprint density at radius 3 is 2.52 bits per heavy atom. The summed E-state index contributed by atoms with van der Waals surface area (Å²) in [7, 11) is 0. The summed E-state index contributed by atoms with van der Waals surface area (Å²) in [5, 5.41) is 14.5. The van der Waals surface area contributed by atoms with Crippen molar-refractivity contribution in [3.8, 4) is 0 Å². The van der Waals surface area contributed by atoms with Crippen LogP contribution >= 0.6 is 0 Å². The third kappa shape index (κ3) is 1.75. The van der Waals surface area contributed by atoms with E-state index in [1.165, 1.54) is 5.01 Å². The van der Waals surface area contributed by atoms with Crippen molar-refractivity contribution in [2.75, 3.05) is 10.0 Å². The molecule has 2 heterocycles. The number of hydrazine groups is 2. The lowest BCUT2D eigenvalue weighted by Crippen LogP contribution is -2.46. The zero-order chi connectivity index (χ0) is 14.4. The van der Waals surface area contributed by atoms with Crippen LogP contribution in [0.5, 0.6) is 0 Å². The van der Waals surface area contributed by atoms with Gasteiger partial charge in [-0.25, -0.2) is 0 Å². The Hall–Kier alpha value is -2.37. The van der Waals surface area contributed by atoms with E-state index < -0.39 is 0 Å². The average molecular weight is 281 g/mol. The maximum Gasteiger partial charge on any atom is 0.269 e. The molecule has 0 saturated carbocycles. The normalized spacial score (nSPS) is 21.4. The van der Waals surface area contributed by atoms with Crippen LogP contribution in [-0.2, 0) is 11.2 Å². The standard InChI is InChI=1S/C16H15N3O2/c20-16-15-11-10-12-6-4-5-9-14(12)18(15)19(21)17(16)13-7-2-1-3-8-13/h1-9,15,21H,10-11H2. The van der Waals surface area contributed by atoms with Crippen LogP contribution in [0.4, 0.5) is 11.4 Å². The van der Waals surface area contributed by atoms with Gasteiger partial charge in [-0.2, -0.15) is 5.01 Å². The molecular weight excluding hydrogens is 266 g/mol. The van der Waals surface area contributed by atoms with Crippen molar-refractivity contribution < 1.29 is 10.0 Å². The Labute approximate surface area is 122 Å². The smallest absolute Gasteiger partial charge is 0.269 e. The monoisotopic (exact) mass is 281 g/mol. The second-order valence-corrected chi connectivity index (χ2v) is 5.28. The van der Waals surface area contributed by atoms with Crippen LogP contribution in [0.3, 0.4) is 0 Å². The summed E-state index contributed by atoms with van der Waals surface area (Å²) >= 11 is 0. The van der Waals surface area contributed by atoms with Crippen LogP contribution in [-0.4, -0.2) is 22.4 Å². The second-order valence-electron chi connectivity index (χ2n) is 5.28. The SMILES string of the molecule is O=C1C2CCc3ccccc3N2N(O)N1c1ccccc1. The molecule has 0 radical (unpaired) electrons. The molecule has 1 N–H and O–H groups in total. The second kappa shape index (κ2) is 4.58. The molecule has 106 valence electrons. The number of carbonyl (C=O) groups is 1. The molecule has 0 aromatic heterocycles. The van der Waals surface area contributed by atoms with Crippen molar-refractivity contribution in [1.82, 2.24) is 5.28 Å². The van der Waals surface area contributed by atoms with Gasteiger partial charge < -0.3 is 0 Å². The van der Waals surface area contributed by atoms with Crippen molar-refractivity contribution in [3.63, 3.8) is 0 Å². The van der Waals surface area contributed by atoms with E-state index in [9.17, 15) is 10.0 Å². The quantitative estimate of drug-likeness (QED) is 0.872. The maximum absolute atomic E-state index is 12.6. The number of rotatable bonds is 1. The number of aryl methyl sites for hydroxylation is 1. The molecule has 2 aromatic carbocycles. The predicted octanol–water partition coefficient (Wildman–Crippen LogP) is 2.38. The lowest BCUT2D eigenvalue weighted by Gasteiger charge is -2.34. The Kier molecular flexibility index (Phi) is 2.70. The number of amides is 1. The molecule has 0 spiro atoms. The lowest BCUT2D eigenvalue weighted by atomic mass is 9.97. The van der Waals surface area contributed by atoms with Gasteiger partial charge >= 0.3 is 0 Å². The Balaban J connectivity index is 1.79. The van der Waals surface area contributed by atoms with Gasteiger partial charge in [-0.05, 0) is 36.6 Å². The van der Waals surface area contributed by atoms with Crippen LogP contribution in [0.2, 0.25) is 0 Å². The average Bonchev–Trinajstić information content (AvgIpc) is 2.80. The van der Waals surface area contributed by atoms with Crippen LogP contribution in [0, 0.1) is 0 Å². The van der Waals surface area contributed by atoms with Crippen LogP contribution in [0.25, 0.3) is 0 Å². The summed E-state index contributed by atoms with van der Waals surface area (Å²) < 4.78 is 0. The van der Waals surface area contributed by atoms with Crippen LogP contribution < -0.4 is 10.0 Å². The first-order valence-corrected chi connectivity index (χ1v) is 7.02. The maximum atomic E-state index is 12.6. The van der Waals surface area contributed by atoms with Gasteiger partial charge in [0, 0.05) is 5.28 Å². The highest BCUT2D eigenvalue weighted by atomic mass is 16.6. The molecule has 1 atom stereocenters. The zero-order valence-electron chi connectivity index (χ0n) is 11.4. The van der Waals surface area contributed by atoms with E-state index in [1.54, 1.807) is 5.01 Å². The number of nitrogens with zero attached hydrogens (tertiary/aromatic N) is 3. The molecule has 0 aliphatic carbocycles. The first-order chi connectivity index (χ1) is 10.3. The van der Waals surface area contributed by atoms with E-state index in [0.717, 1.165) is 23.0 Å². The van der Waals surface area contributed by atoms with Gasteiger partial charge in [0.25, 0.3) is 5.91 Å². The van der Waals surface area contributed by atoms with Gasteiger partial charge in [-0.3, -0.25) is 15.0 Å². The molecule has 1 fully saturated rings. The van der Waals surface area contributed by atoms with Crippen LogP contribution in [0.1, 0.15) is 12.0 Å². The molecule has 1 saturated heterocycles. The summed E-state index contributed by atoms with van der Waals surface area (Å²) in [6.07, 6.45) is 1.55. The minimum atomic E-state index is -0.342. The summed E-state index contributed by atoms with van der Waals surface area (Å²) in [6, 6.07) is 16.7. The minimum Gasteiger partial charge on any atom is -0.276 e. The number of benzene rings is 2. The van der Waals surface area contributed by atoms with Gasteiger partial charge in [0.05, 0.1) is 11.4 Å². The van der Waals surface area contributed by atoms with Crippen LogP contribution in [0.15, 0.2) is 54.6 Å². The van der Waals surface area contributed by atoms with E-state index in [-0.39, 0.29) is 11.9 Å². The largest absolute Gasteiger partial charge is 0.276 e. The Morgan fingerprint density at radius 1 is 1.00 bits per heavy atom. The Bertz CT molecular complexity index is 689. The summed E-state index contributed by atoms with van der Waals surface area (Å²) in [5.41, 5.74) is 2.70. The van der Waals surface area contributed by atoms with E-state index in [1.807, 2.05) is 54.6 Å². The molecule has 1 unspecified atom stereocenters. The van der Waals surface area contributed by atoms with Gasteiger partial charge in [-0.1, -0.05) is 36.4 Å². The van der Waals surface area contributed by atoms with Gasteiger partial charge in [0.15, 0.2) is 0 Å². The first-order valence-electron chi connectivity index (χ1n) is 7.02. The van der Waals surface area contributed by atoms with Crippen molar-refractivity contribution in [2.24, 2.45) is 0 Å². The number of carbonyl (C=O) groups excluding carboxylic acids is 1. The Morgan fingerprint density at radius 2 is 1.71 bits per heavy atom. The summed E-state index contributed by atoms with van der Waals surface area (Å²) in [5.74, 6) is -0.0989. The highest BCUT2D eigenvalue weighted by Crippen LogP contribution is 2.37. The molecular formula is C16H15N3O2. The first kappa shape index (κ1) is 12.4. The fraction of sp³-hybridized carbons (Fsp3) is 0.188. The van der Waals surface area contributed by atoms with E-state index in [2.05, 4.69) is 0 Å². The molecule has 2 aliphatic heterocycles. The van der Waals surface area contributed by atoms with Crippen molar-refractivity contribution >= 4 is 17.3 Å². The van der Waals surface area contributed by atoms with E-state index >= 15 is 0 Å². The van der Waals surface area contributed by atoms with Crippen molar-refractivity contribution in [2.45, 2.75) is 18.9 Å².